The summed E-state index contributed by atoms with van der Waals surface area (Å²) in [6, 6.07) is 13.5. The van der Waals surface area contributed by atoms with E-state index in [0.29, 0.717) is 16.8 Å². The van der Waals surface area contributed by atoms with Crippen LogP contribution in [-0.2, 0) is 4.79 Å². The second kappa shape index (κ2) is 6.63. The lowest BCUT2D eigenvalue weighted by atomic mass is 9.88. The third-order valence-corrected chi connectivity index (χ3v) is 6.00. The number of aromatic carboxylic acids is 1. The fourth-order valence-electron chi connectivity index (χ4n) is 3.40. The van der Waals surface area contributed by atoms with Crippen molar-refractivity contribution in [3.8, 4) is 11.1 Å². The van der Waals surface area contributed by atoms with Crippen LogP contribution >= 0.6 is 11.3 Å². The Morgan fingerprint density at radius 1 is 1.15 bits per heavy atom. The van der Waals surface area contributed by atoms with Gasteiger partial charge in [-0.3, -0.25) is 4.79 Å². The number of hydrogen-bond acceptors (Lipinski definition) is 3. The highest BCUT2D eigenvalue weighted by Gasteiger charge is 2.34. The molecule has 136 valence electrons. The van der Waals surface area contributed by atoms with Gasteiger partial charge in [-0.15, -0.1) is 11.3 Å². The van der Waals surface area contributed by atoms with Crippen LogP contribution in [0.2, 0.25) is 0 Å². The molecule has 2 N–H and O–H groups in total. The van der Waals surface area contributed by atoms with Crippen LogP contribution in [0, 0.1) is 12.7 Å². The molecule has 2 heterocycles. The van der Waals surface area contributed by atoms with Crippen molar-refractivity contribution >= 4 is 28.9 Å². The molecule has 1 unspecified atom stereocenters. The number of carbonyl (C=O) groups is 2. The quantitative estimate of drug-likeness (QED) is 0.668. The van der Waals surface area contributed by atoms with Crippen molar-refractivity contribution < 1.29 is 19.1 Å². The number of anilines is 1. The highest BCUT2D eigenvalue weighted by molar-refractivity contribution is 7.15. The van der Waals surface area contributed by atoms with Gasteiger partial charge in [0, 0.05) is 22.8 Å². The van der Waals surface area contributed by atoms with Gasteiger partial charge in [0.2, 0.25) is 5.91 Å². The maximum absolute atomic E-state index is 13.3. The van der Waals surface area contributed by atoms with Crippen LogP contribution in [0.15, 0.2) is 48.5 Å². The van der Waals surface area contributed by atoms with Gasteiger partial charge in [0.25, 0.3) is 0 Å². The number of nitrogens with one attached hydrogen (secondary N) is 1. The summed E-state index contributed by atoms with van der Waals surface area (Å²) >= 11 is 1.17. The minimum Gasteiger partial charge on any atom is -0.477 e. The van der Waals surface area contributed by atoms with E-state index in [4.69, 9.17) is 0 Å². The topological polar surface area (TPSA) is 66.4 Å². The lowest BCUT2D eigenvalue weighted by molar-refractivity contribution is -0.116. The van der Waals surface area contributed by atoms with Gasteiger partial charge in [0.05, 0.1) is 5.69 Å². The zero-order valence-electron chi connectivity index (χ0n) is 14.5. The van der Waals surface area contributed by atoms with Crippen LogP contribution in [0.25, 0.3) is 11.1 Å². The predicted octanol–water partition coefficient (Wildman–Crippen LogP) is 5.03. The maximum Gasteiger partial charge on any atom is 0.346 e. The van der Waals surface area contributed by atoms with E-state index in [-0.39, 0.29) is 23.1 Å². The molecule has 1 aliphatic heterocycles. The number of halogens is 1. The molecule has 1 aliphatic rings. The Hall–Kier alpha value is -2.99. The Balaban J connectivity index is 1.92. The minimum absolute atomic E-state index is 0.144. The first-order valence-corrected chi connectivity index (χ1v) is 9.28. The molecule has 3 aromatic rings. The van der Waals surface area contributed by atoms with Crippen molar-refractivity contribution in [3.05, 3.63) is 75.2 Å². The van der Waals surface area contributed by atoms with Crippen molar-refractivity contribution in [1.82, 2.24) is 0 Å². The molecule has 0 aliphatic carbocycles. The number of benzene rings is 2. The van der Waals surface area contributed by atoms with Crippen molar-refractivity contribution in [2.45, 2.75) is 19.3 Å². The first-order valence-electron chi connectivity index (χ1n) is 8.46. The first-order chi connectivity index (χ1) is 12.9. The summed E-state index contributed by atoms with van der Waals surface area (Å²) in [4.78, 5) is 25.2. The number of thiophene rings is 1. The highest BCUT2D eigenvalue weighted by atomic mass is 32.1. The zero-order valence-corrected chi connectivity index (χ0v) is 15.3. The average molecular weight is 381 g/mol. The summed E-state index contributed by atoms with van der Waals surface area (Å²) < 4.78 is 13.3. The highest BCUT2D eigenvalue weighted by Crippen LogP contribution is 2.49. The molecule has 1 aromatic heterocycles. The Labute approximate surface area is 159 Å². The summed E-state index contributed by atoms with van der Waals surface area (Å²) in [6.45, 7) is 1.99. The van der Waals surface area contributed by atoms with E-state index in [0.717, 1.165) is 16.0 Å². The Morgan fingerprint density at radius 3 is 2.44 bits per heavy atom. The lowest BCUT2D eigenvalue weighted by Crippen LogP contribution is -2.22. The van der Waals surface area contributed by atoms with Gasteiger partial charge >= 0.3 is 5.97 Å². The average Bonchev–Trinajstić information content (AvgIpc) is 3.02. The van der Waals surface area contributed by atoms with Crippen LogP contribution in [-0.4, -0.2) is 17.0 Å². The van der Waals surface area contributed by atoms with Crippen molar-refractivity contribution in [3.63, 3.8) is 0 Å². The van der Waals surface area contributed by atoms with Gasteiger partial charge < -0.3 is 10.4 Å². The van der Waals surface area contributed by atoms with Crippen LogP contribution in [0.3, 0.4) is 0 Å². The monoisotopic (exact) mass is 381 g/mol. The molecule has 1 amide bonds. The summed E-state index contributed by atoms with van der Waals surface area (Å²) in [5.74, 6) is -1.83. The van der Waals surface area contributed by atoms with Crippen LogP contribution in [0.4, 0.5) is 10.1 Å². The van der Waals surface area contributed by atoms with E-state index in [1.165, 1.54) is 35.6 Å². The van der Waals surface area contributed by atoms with Gasteiger partial charge in [-0.25, -0.2) is 9.18 Å². The lowest BCUT2D eigenvalue weighted by Gasteiger charge is -2.24. The van der Waals surface area contributed by atoms with Crippen molar-refractivity contribution in [1.29, 1.82) is 0 Å². The Kier molecular flexibility index (Phi) is 4.28. The number of hydrogen-bond donors (Lipinski definition) is 2. The normalized spacial score (nSPS) is 15.9. The van der Waals surface area contributed by atoms with Crippen LogP contribution < -0.4 is 5.32 Å². The smallest absolute Gasteiger partial charge is 0.346 e. The Morgan fingerprint density at radius 2 is 1.81 bits per heavy atom. The van der Waals surface area contributed by atoms with Crippen molar-refractivity contribution in [2.75, 3.05) is 5.32 Å². The molecular weight excluding hydrogens is 365 g/mol. The van der Waals surface area contributed by atoms with Crippen LogP contribution in [0.1, 0.15) is 38.0 Å². The van der Waals surface area contributed by atoms with Crippen LogP contribution in [0.5, 0.6) is 0 Å². The second-order valence-corrected chi connectivity index (χ2v) is 7.63. The SMILES string of the molecule is Cc1ccc(C2CC(=O)Nc3c2sc(C(=O)O)c3-c2ccc(F)cc2)cc1. The van der Waals surface area contributed by atoms with Gasteiger partial charge in [-0.1, -0.05) is 42.0 Å². The summed E-state index contributed by atoms with van der Waals surface area (Å²) in [5, 5.41) is 12.6. The predicted molar refractivity (Wildman–Crippen MR) is 103 cm³/mol. The summed E-state index contributed by atoms with van der Waals surface area (Å²) in [7, 11) is 0. The van der Waals surface area contributed by atoms with E-state index < -0.39 is 11.8 Å². The molecule has 27 heavy (non-hydrogen) atoms. The largest absolute Gasteiger partial charge is 0.477 e. The molecule has 1 atom stereocenters. The number of carbonyl (C=O) groups excluding carboxylic acids is 1. The van der Waals surface area contributed by atoms with Crippen molar-refractivity contribution in [2.24, 2.45) is 0 Å². The number of rotatable bonds is 3. The van der Waals surface area contributed by atoms with E-state index >= 15 is 0 Å². The van der Waals surface area contributed by atoms with E-state index in [1.54, 1.807) is 0 Å². The molecule has 0 saturated carbocycles. The van der Waals surface area contributed by atoms with Gasteiger partial charge in [0.1, 0.15) is 10.7 Å². The maximum atomic E-state index is 13.3. The fourth-order valence-corrected chi connectivity index (χ4v) is 4.64. The Bertz CT molecular complexity index is 1040. The first kappa shape index (κ1) is 17.4. The molecule has 6 heteroatoms. The number of fused-ring (bicyclic) bond motifs is 1. The fraction of sp³-hybridized carbons (Fsp3) is 0.143. The standard InChI is InChI=1S/C21H16FNO3S/c1-11-2-4-12(5-3-11)15-10-16(24)23-18-17(13-6-8-14(22)9-7-13)20(21(25)26)27-19(15)18/h2-9,15H,10H2,1H3,(H,23,24)(H,25,26). The summed E-state index contributed by atoms with van der Waals surface area (Å²) in [5.41, 5.74) is 3.61. The summed E-state index contributed by atoms with van der Waals surface area (Å²) in [6.07, 6.45) is 0.262. The minimum atomic E-state index is -1.06. The second-order valence-electron chi connectivity index (χ2n) is 6.57. The third-order valence-electron chi connectivity index (χ3n) is 4.71. The molecule has 0 spiro atoms. The molecule has 4 rings (SSSR count). The zero-order chi connectivity index (χ0) is 19.1. The number of carboxylic acids is 1. The van der Waals surface area contributed by atoms with Gasteiger partial charge in [-0.2, -0.15) is 0 Å². The molecule has 4 nitrogen and oxygen atoms in total. The number of carboxylic acid groups (broad SMARTS) is 1. The molecular formula is C21H16FNO3S. The molecule has 0 fully saturated rings. The van der Waals surface area contributed by atoms with E-state index in [9.17, 15) is 19.1 Å². The molecule has 0 bridgehead atoms. The van der Waals surface area contributed by atoms with E-state index in [1.807, 2.05) is 31.2 Å². The molecule has 0 radical (unpaired) electrons. The van der Waals surface area contributed by atoms with Gasteiger partial charge in [0.15, 0.2) is 0 Å². The third kappa shape index (κ3) is 3.13. The van der Waals surface area contributed by atoms with Gasteiger partial charge in [-0.05, 0) is 30.2 Å². The van der Waals surface area contributed by atoms with E-state index in [2.05, 4.69) is 5.32 Å². The number of aryl methyl sites for hydroxylation is 1. The molecule has 2 aromatic carbocycles. The number of amides is 1. The molecule has 0 saturated heterocycles.